The number of hydrogen-bond donors (Lipinski definition) is 1. The molecule has 1 aromatic rings. The van der Waals surface area contributed by atoms with Gasteiger partial charge in [0.05, 0.1) is 60.3 Å². The largest absolute Gasteiger partial charge is 0.466 e. The standard InChI is InChI=1S/C55H88O11Si/c1-15-41(51(59)60-31-32-67(12,13)14)43-24-23-34(4)48(62-43)38(8)46(56)37(7)47(57)42(16-2)49-35(5)33-36(6)54(64-49)28-26-45(63-50(58)40-21-19-18-20-22-40)55(66-54)30-29-53(11,65-55)44-25-27-52(10,17-3)39(9)61-44/h18-22,26,28,34-39,41-46,48-49,56H,15-17,23-25,27,29-33H2,1-14H3/t34-,35-,36+,37-,38-,39-,41+,42-,43+,44+,45+,46+,48+,49-,52-,53-,54+,55+/m0/s1. The molecule has 2 spiro atoms. The molecule has 12 heteroatoms. The number of benzene rings is 1. The highest BCUT2D eigenvalue weighted by molar-refractivity contribution is 6.76. The lowest BCUT2D eigenvalue weighted by Gasteiger charge is -2.54. The highest BCUT2D eigenvalue weighted by Gasteiger charge is 2.64. The molecule has 0 radical (unpaired) electrons. The van der Waals surface area contributed by atoms with Gasteiger partial charge >= 0.3 is 11.9 Å². The third-order valence-electron chi connectivity index (χ3n) is 17.3. The maximum atomic E-state index is 14.9. The van der Waals surface area contributed by atoms with Gasteiger partial charge in [0.25, 0.3) is 0 Å². The molecule has 1 aromatic carbocycles. The van der Waals surface area contributed by atoms with Crippen LogP contribution in [0, 0.1) is 46.8 Å². The smallest absolute Gasteiger partial charge is 0.338 e. The van der Waals surface area contributed by atoms with E-state index in [4.69, 9.17) is 33.2 Å². The van der Waals surface area contributed by atoms with Crippen molar-refractivity contribution < 1.29 is 52.6 Å². The Morgan fingerprint density at radius 2 is 1.54 bits per heavy atom. The van der Waals surface area contributed by atoms with Crippen molar-refractivity contribution >= 4 is 25.8 Å². The van der Waals surface area contributed by atoms with E-state index < -0.39 is 61.4 Å². The minimum absolute atomic E-state index is 0.00317. The predicted molar refractivity (Wildman–Crippen MR) is 263 cm³/mol. The van der Waals surface area contributed by atoms with E-state index in [2.05, 4.69) is 68.1 Å². The lowest BCUT2D eigenvalue weighted by atomic mass is 9.72. The van der Waals surface area contributed by atoms with E-state index in [0.717, 1.165) is 38.1 Å². The van der Waals surface area contributed by atoms with Gasteiger partial charge in [-0.3, -0.25) is 9.59 Å². The van der Waals surface area contributed by atoms with Crippen LogP contribution in [0.1, 0.15) is 151 Å². The lowest BCUT2D eigenvalue weighted by molar-refractivity contribution is -0.408. The summed E-state index contributed by atoms with van der Waals surface area (Å²) in [6, 6.07) is 9.88. The summed E-state index contributed by atoms with van der Waals surface area (Å²) in [6.07, 6.45) is 7.96. The fourth-order valence-corrected chi connectivity index (χ4v) is 12.7. The zero-order valence-electron chi connectivity index (χ0n) is 43.6. The van der Waals surface area contributed by atoms with Crippen LogP contribution in [-0.4, -0.2) is 97.4 Å². The molecule has 5 aliphatic heterocycles. The molecule has 0 aliphatic carbocycles. The molecule has 11 nitrogen and oxygen atoms in total. The number of ketones is 1. The van der Waals surface area contributed by atoms with Crippen molar-refractivity contribution in [2.45, 2.75) is 226 Å². The average Bonchev–Trinajstić information content (AvgIpc) is 3.63. The molecule has 1 N–H and O–H groups in total. The van der Waals surface area contributed by atoms with Gasteiger partial charge in [0.2, 0.25) is 5.79 Å². The van der Waals surface area contributed by atoms with Crippen molar-refractivity contribution in [3.05, 3.63) is 48.0 Å². The van der Waals surface area contributed by atoms with E-state index in [-0.39, 0.29) is 71.2 Å². The Morgan fingerprint density at radius 1 is 0.851 bits per heavy atom. The number of ether oxygens (including phenoxy) is 7. The fraction of sp³-hybridized carbons (Fsp3) is 0.800. The predicted octanol–water partition coefficient (Wildman–Crippen LogP) is 11.1. The Morgan fingerprint density at radius 3 is 2.16 bits per heavy atom. The van der Waals surface area contributed by atoms with Crippen molar-refractivity contribution in [3.63, 3.8) is 0 Å². The van der Waals surface area contributed by atoms with Gasteiger partial charge in [-0.25, -0.2) is 4.79 Å². The maximum absolute atomic E-state index is 14.9. The van der Waals surface area contributed by atoms with Crippen LogP contribution in [0.3, 0.4) is 0 Å². The van der Waals surface area contributed by atoms with Gasteiger partial charge in [-0.05, 0) is 119 Å². The number of hydrogen-bond acceptors (Lipinski definition) is 11. The van der Waals surface area contributed by atoms with E-state index in [1.165, 1.54) is 0 Å². The molecule has 0 amide bonds. The van der Waals surface area contributed by atoms with Gasteiger partial charge in [0.1, 0.15) is 5.78 Å². The number of aliphatic hydroxyl groups excluding tert-OH is 1. The highest BCUT2D eigenvalue weighted by Crippen LogP contribution is 2.55. The van der Waals surface area contributed by atoms with Crippen LogP contribution in [-0.2, 0) is 42.7 Å². The summed E-state index contributed by atoms with van der Waals surface area (Å²) in [5, 5.41) is 12.1. The first-order valence-electron chi connectivity index (χ1n) is 26.2. The van der Waals surface area contributed by atoms with Crippen molar-refractivity contribution in [3.8, 4) is 0 Å². The number of rotatable bonds is 17. The quantitative estimate of drug-likeness (QED) is 0.0908. The number of carbonyl (C=O) groups is 3. The number of aliphatic hydroxyl groups is 1. The van der Waals surface area contributed by atoms with E-state index in [9.17, 15) is 19.5 Å². The Hall–Kier alpha value is -2.45. The monoisotopic (exact) mass is 953 g/mol. The van der Waals surface area contributed by atoms with Crippen LogP contribution in [0.4, 0.5) is 0 Å². The van der Waals surface area contributed by atoms with E-state index in [1.54, 1.807) is 12.1 Å². The molecule has 18 atom stereocenters. The maximum Gasteiger partial charge on any atom is 0.338 e. The van der Waals surface area contributed by atoms with Crippen LogP contribution in [0.2, 0.25) is 25.7 Å². The minimum Gasteiger partial charge on any atom is -0.466 e. The minimum atomic E-state index is -1.38. The fourth-order valence-electron chi connectivity index (χ4n) is 12.0. The van der Waals surface area contributed by atoms with Crippen LogP contribution >= 0.6 is 0 Å². The van der Waals surface area contributed by atoms with Crippen LogP contribution in [0.25, 0.3) is 0 Å². The molecule has 6 rings (SSSR count). The third kappa shape index (κ3) is 11.5. The molecule has 67 heavy (non-hydrogen) atoms. The van der Waals surface area contributed by atoms with Crippen LogP contribution in [0.5, 0.6) is 0 Å². The molecule has 0 aromatic heterocycles. The SMILES string of the molecule is CC[C@@H](C(=O)[C@@H](C)[C@@H](O)[C@H](C)[C@@H]1O[C@@H]([C@@H](CC)C(=O)OCC[Si](C)(C)C)CC[C@@H]1C)[C@H]1O[C@@]2(C=C[C@@H](OC(=O)c3ccccc3)[C@@]3(CC[C@@](C)([C@H]4CC[C@](C)(CC)[C@H](C)O4)O3)O2)[C@H](C)C[C@@H]1C. The van der Waals surface area contributed by atoms with Crippen LogP contribution in [0.15, 0.2) is 42.5 Å². The summed E-state index contributed by atoms with van der Waals surface area (Å²) < 4.78 is 47.4. The van der Waals surface area contributed by atoms with Crippen molar-refractivity contribution in [1.82, 2.24) is 0 Å². The van der Waals surface area contributed by atoms with Gasteiger partial charge in [-0.15, -0.1) is 0 Å². The van der Waals surface area contributed by atoms with Crippen LogP contribution < -0.4 is 0 Å². The topological polar surface area (TPSA) is 136 Å². The third-order valence-corrected chi connectivity index (χ3v) is 19.0. The second-order valence-electron chi connectivity index (χ2n) is 23.4. The first kappa shape index (κ1) is 53.9. The first-order valence-corrected chi connectivity index (χ1v) is 29.9. The summed E-state index contributed by atoms with van der Waals surface area (Å²) in [4.78, 5) is 41.9. The molecule has 5 heterocycles. The highest BCUT2D eigenvalue weighted by atomic mass is 28.3. The molecular weight excluding hydrogens is 865 g/mol. The normalized spacial score (nSPS) is 39.1. The Bertz CT molecular complexity index is 1870. The molecule has 0 saturated carbocycles. The second-order valence-corrected chi connectivity index (χ2v) is 29.0. The van der Waals surface area contributed by atoms with Crippen molar-refractivity contribution in [2.75, 3.05) is 6.61 Å². The molecule has 0 unspecified atom stereocenters. The summed E-state index contributed by atoms with van der Waals surface area (Å²) in [6.45, 7) is 30.2. The van der Waals surface area contributed by atoms with E-state index >= 15 is 0 Å². The molecule has 4 saturated heterocycles. The second kappa shape index (κ2) is 21.5. The van der Waals surface area contributed by atoms with Gasteiger partial charge < -0.3 is 38.3 Å². The molecule has 0 bridgehead atoms. The van der Waals surface area contributed by atoms with Gasteiger partial charge in [-0.2, -0.15) is 0 Å². The number of Topliss-reactive ketones (excluding diaryl/α,β-unsaturated/α-hetero) is 1. The zero-order chi connectivity index (χ0) is 49.3. The molecular formula is C55H88O11Si. The summed E-state index contributed by atoms with van der Waals surface area (Å²) in [5.74, 6) is -5.40. The zero-order valence-corrected chi connectivity index (χ0v) is 44.6. The number of carbonyl (C=O) groups excluding carboxylic acids is 3. The average molecular weight is 953 g/mol. The summed E-state index contributed by atoms with van der Waals surface area (Å²) >= 11 is 0. The van der Waals surface area contributed by atoms with E-state index in [0.29, 0.717) is 44.3 Å². The Kier molecular flexibility index (Phi) is 17.3. The molecule has 4 fully saturated rings. The lowest BCUT2D eigenvalue weighted by Crippen LogP contribution is -2.63. The molecule has 378 valence electrons. The summed E-state index contributed by atoms with van der Waals surface area (Å²) in [5.41, 5.74) is -0.215. The van der Waals surface area contributed by atoms with Gasteiger partial charge in [-0.1, -0.05) is 100 Å². The van der Waals surface area contributed by atoms with E-state index in [1.807, 2.05) is 58.0 Å². The first-order chi connectivity index (χ1) is 31.5. The van der Waals surface area contributed by atoms with Gasteiger partial charge in [0.15, 0.2) is 11.9 Å². The van der Waals surface area contributed by atoms with Gasteiger partial charge in [0, 0.05) is 38.2 Å². The van der Waals surface area contributed by atoms with Crippen molar-refractivity contribution in [1.29, 1.82) is 0 Å². The van der Waals surface area contributed by atoms with Crippen molar-refractivity contribution in [2.24, 2.45) is 46.8 Å². The number of esters is 2. The Labute approximate surface area is 404 Å². The Balaban J connectivity index is 1.21. The molecule has 5 aliphatic rings. The summed E-state index contributed by atoms with van der Waals surface area (Å²) in [7, 11) is -1.36.